The van der Waals surface area contributed by atoms with Gasteiger partial charge in [-0.15, -0.1) is 0 Å². The summed E-state index contributed by atoms with van der Waals surface area (Å²) in [6, 6.07) is 89.1. The van der Waals surface area contributed by atoms with Crippen molar-refractivity contribution in [3.05, 3.63) is 243 Å². The topological polar surface area (TPSA) is 9.86 Å². The van der Waals surface area contributed by atoms with Crippen molar-refractivity contribution >= 4 is 65.2 Å². The average Bonchev–Trinajstić information content (AvgIpc) is 3.89. The highest BCUT2D eigenvalue weighted by Crippen LogP contribution is 2.46. The van der Waals surface area contributed by atoms with Crippen LogP contribution in [0.3, 0.4) is 0 Å². The fourth-order valence-electron chi connectivity index (χ4n) is 10.4. The summed E-state index contributed by atoms with van der Waals surface area (Å²) in [5.74, 6) is 0. The normalized spacial score (nSPS) is 11.8. The van der Waals surface area contributed by atoms with Gasteiger partial charge in [-0.3, -0.25) is 0 Å². The number of fused-ring (bicyclic) bond motifs is 8. The first kappa shape index (κ1) is 36.2. The quantitative estimate of drug-likeness (QED) is 0.148. The fraction of sp³-hybridized carbons (Fsp3) is 0. The molecule has 0 saturated heterocycles. The summed E-state index contributed by atoms with van der Waals surface area (Å²) >= 11 is 0. The van der Waals surface area contributed by atoms with Crippen molar-refractivity contribution in [2.45, 2.75) is 0 Å². The lowest BCUT2D eigenvalue weighted by Gasteiger charge is -2.20. The van der Waals surface area contributed by atoms with E-state index in [-0.39, 0.29) is 0 Å². The molecule has 0 amide bonds. The molecule has 2 nitrogen and oxygen atoms in total. The Kier molecular flexibility index (Phi) is 8.25. The maximum atomic E-state index is 2.42. The van der Waals surface area contributed by atoms with Gasteiger partial charge in [-0.2, -0.15) is 0 Å². The minimum absolute atomic E-state index is 1.15. The number of hydrogen-bond acceptors (Lipinski definition) is 0. The molecule has 298 valence electrons. The van der Waals surface area contributed by atoms with Gasteiger partial charge in [0.25, 0.3) is 0 Å². The number of nitrogens with zero attached hydrogens (tertiary/aromatic N) is 2. The molecule has 0 atom stereocenters. The average molecular weight is 813 g/mol. The molecule has 0 radical (unpaired) electrons. The van der Waals surface area contributed by atoms with E-state index in [1.807, 2.05) is 0 Å². The minimum atomic E-state index is 1.15. The van der Waals surface area contributed by atoms with Crippen molar-refractivity contribution in [1.29, 1.82) is 0 Å². The highest BCUT2D eigenvalue weighted by molar-refractivity contribution is 6.21. The summed E-state index contributed by atoms with van der Waals surface area (Å²) in [4.78, 5) is 0. The zero-order chi connectivity index (χ0) is 42.1. The van der Waals surface area contributed by atoms with Crippen LogP contribution in [0.25, 0.3) is 121 Å². The summed E-state index contributed by atoms with van der Waals surface area (Å²) < 4.78 is 4.78. The largest absolute Gasteiger partial charge is 0.309 e. The second kappa shape index (κ2) is 14.6. The van der Waals surface area contributed by atoms with Crippen molar-refractivity contribution < 1.29 is 0 Å². The van der Waals surface area contributed by atoms with Crippen molar-refractivity contribution in [1.82, 2.24) is 9.13 Å². The van der Waals surface area contributed by atoms with Crippen LogP contribution < -0.4 is 0 Å². The van der Waals surface area contributed by atoms with Crippen LogP contribution in [0.15, 0.2) is 243 Å². The van der Waals surface area contributed by atoms with Gasteiger partial charge in [-0.1, -0.05) is 182 Å². The van der Waals surface area contributed by atoms with Crippen molar-refractivity contribution in [2.24, 2.45) is 0 Å². The van der Waals surface area contributed by atoms with E-state index in [9.17, 15) is 0 Å². The Morgan fingerprint density at radius 3 is 1.16 bits per heavy atom. The zero-order valence-electron chi connectivity index (χ0n) is 35.0. The predicted molar refractivity (Wildman–Crippen MR) is 272 cm³/mol. The molecular weight excluding hydrogens is 773 g/mol. The Morgan fingerprint density at radius 1 is 0.234 bits per heavy atom. The Hall–Kier alpha value is -8.46. The van der Waals surface area contributed by atoms with Gasteiger partial charge in [0.2, 0.25) is 0 Å². The first-order chi connectivity index (χ1) is 31.8. The lowest BCUT2D eigenvalue weighted by molar-refractivity contribution is 1.18. The molecule has 0 aliphatic rings. The molecule has 0 unspecified atom stereocenters. The van der Waals surface area contributed by atoms with Gasteiger partial charge in [0.05, 0.1) is 22.1 Å². The summed E-state index contributed by atoms with van der Waals surface area (Å²) in [6.45, 7) is 0. The zero-order valence-corrected chi connectivity index (χ0v) is 35.0. The summed E-state index contributed by atoms with van der Waals surface area (Å²) in [6.07, 6.45) is 0. The van der Waals surface area contributed by atoms with Crippen molar-refractivity contribution in [2.75, 3.05) is 0 Å². The van der Waals surface area contributed by atoms with Crippen LogP contribution in [-0.2, 0) is 0 Å². The lowest BCUT2D eigenvalue weighted by atomic mass is 9.84. The number of rotatable bonds is 6. The SMILES string of the molecule is c1ccc(-c2ccc(-c3ccc(-n4c5ccccc5c5ccccc54)cc3)c3c(-c4ccccc4)c4cc(-c5ccc(-n6c7ccccc7c7ccccc76)cc5)ccc4cc23)cc1. The number of hydrogen-bond donors (Lipinski definition) is 0. The van der Waals surface area contributed by atoms with Crippen LogP contribution in [0.2, 0.25) is 0 Å². The molecule has 0 saturated carbocycles. The molecular formula is C62H40N2. The molecule has 2 aromatic heterocycles. The molecule has 0 aliphatic carbocycles. The van der Waals surface area contributed by atoms with Crippen LogP contribution in [0.1, 0.15) is 0 Å². The monoisotopic (exact) mass is 812 g/mol. The number of aromatic nitrogens is 2. The Balaban J connectivity index is 1.01. The van der Waals surface area contributed by atoms with Crippen LogP contribution in [0.5, 0.6) is 0 Å². The summed E-state index contributed by atoms with van der Waals surface area (Å²) in [5, 5.41) is 10.0. The van der Waals surface area contributed by atoms with Gasteiger partial charge in [0.15, 0.2) is 0 Å². The van der Waals surface area contributed by atoms with Crippen molar-refractivity contribution in [3.8, 4) is 55.9 Å². The van der Waals surface area contributed by atoms with Gasteiger partial charge in [-0.05, 0) is 127 Å². The van der Waals surface area contributed by atoms with Gasteiger partial charge in [-0.25, -0.2) is 0 Å². The predicted octanol–water partition coefficient (Wildman–Crippen LogP) is 16.9. The van der Waals surface area contributed by atoms with E-state index < -0.39 is 0 Å². The second-order valence-corrected chi connectivity index (χ2v) is 16.8. The molecule has 64 heavy (non-hydrogen) atoms. The lowest BCUT2D eigenvalue weighted by Crippen LogP contribution is -1.95. The molecule has 0 aliphatic heterocycles. The first-order valence-corrected chi connectivity index (χ1v) is 22.1. The van der Waals surface area contributed by atoms with Crippen molar-refractivity contribution in [3.63, 3.8) is 0 Å². The van der Waals surface area contributed by atoms with E-state index in [2.05, 4.69) is 252 Å². The summed E-state index contributed by atoms with van der Waals surface area (Å²) in [5.41, 5.74) is 16.8. The molecule has 0 fully saturated rings. The van der Waals surface area contributed by atoms with Crippen LogP contribution in [-0.4, -0.2) is 9.13 Å². The summed E-state index contributed by atoms with van der Waals surface area (Å²) in [7, 11) is 0. The van der Waals surface area contributed by atoms with Crippen LogP contribution in [0.4, 0.5) is 0 Å². The molecule has 2 heterocycles. The van der Waals surface area contributed by atoms with Crippen LogP contribution in [0, 0.1) is 0 Å². The molecule has 0 N–H and O–H groups in total. The van der Waals surface area contributed by atoms with E-state index in [0.29, 0.717) is 0 Å². The Bertz CT molecular complexity index is 3800. The molecule has 0 spiro atoms. The van der Waals surface area contributed by atoms with E-state index >= 15 is 0 Å². The molecule has 11 aromatic carbocycles. The second-order valence-electron chi connectivity index (χ2n) is 16.8. The standard InChI is InChI=1S/C62H40N2/c1-3-15-42(16-4-1)49-37-38-50(43-31-35-48(36-32-43)64-59-25-13-9-21-53(59)54-22-10-14-26-60(54)64)62-56(49)40-46-28-27-45(39-55(46)61(62)44-17-5-2-6-18-44)41-29-33-47(34-30-41)63-57-23-11-7-19-51(57)52-20-8-12-24-58(52)63/h1-40H. The highest BCUT2D eigenvalue weighted by atomic mass is 15.0. The van der Waals surface area contributed by atoms with Crippen LogP contribution >= 0.6 is 0 Å². The minimum Gasteiger partial charge on any atom is -0.309 e. The maximum Gasteiger partial charge on any atom is 0.0541 e. The molecule has 13 rings (SSSR count). The van der Waals surface area contributed by atoms with Gasteiger partial charge < -0.3 is 9.13 Å². The third kappa shape index (κ3) is 5.66. The van der Waals surface area contributed by atoms with Gasteiger partial charge >= 0.3 is 0 Å². The fourth-order valence-corrected chi connectivity index (χ4v) is 10.4. The highest BCUT2D eigenvalue weighted by Gasteiger charge is 2.20. The molecule has 13 aromatic rings. The maximum absolute atomic E-state index is 2.42. The smallest absolute Gasteiger partial charge is 0.0541 e. The van der Waals surface area contributed by atoms with Gasteiger partial charge in [0, 0.05) is 32.9 Å². The Morgan fingerprint density at radius 2 is 0.641 bits per heavy atom. The third-order valence-corrected chi connectivity index (χ3v) is 13.3. The number of para-hydroxylation sites is 4. The van der Waals surface area contributed by atoms with E-state index in [4.69, 9.17) is 0 Å². The van der Waals surface area contributed by atoms with E-state index in [1.54, 1.807) is 0 Å². The third-order valence-electron chi connectivity index (χ3n) is 13.3. The van der Waals surface area contributed by atoms with E-state index in [1.165, 1.54) is 110 Å². The Labute approximate surface area is 371 Å². The van der Waals surface area contributed by atoms with E-state index in [0.717, 1.165) is 11.4 Å². The number of benzene rings is 11. The van der Waals surface area contributed by atoms with Gasteiger partial charge in [0.1, 0.15) is 0 Å². The molecule has 0 bridgehead atoms. The molecule has 2 heteroatoms. The first-order valence-electron chi connectivity index (χ1n) is 22.1.